The SMILES string of the molecule is O=C1NC(=S)S/C1=C\c1ccccc1OCCOc1ccc(C2CCCCC2)cc1. The zero-order valence-electron chi connectivity index (χ0n) is 16.8. The van der Waals surface area contributed by atoms with E-state index in [-0.39, 0.29) is 5.91 Å². The average molecular weight is 440 g/mol. The maximum Gasteiger partial charge on any atom is 0.263 e. The first kappa shape index (κ1) is 20.9. The van der Waals surface area contributed by atoms with Gasteiger partial charge in [-0.2, -0.15) is 0 Å². The largest absolute Gasteiger partial charge is 0.490 e. The van der Waals surface area contributed by atoms with Gasteiger partial charge in [-0.25, -0.2) is 0 Å². The summed E-state index contributed by atoms with van der Waals surface area (Å²) in [5.41, 5.74) is 2.27. The van der Waals surface area contributed by atoms with Crippen LogP contribution in [-0.2, 0) is 4.79 Å². The summed E-state index contributed by atoms with van der Waals surface area (Å²) in [6.07, 6.45) is 8.46. The number of carbonyl (C=O) groups is 1. The van der Waals surface area contributed by atoms with Crippen molar-refractivity contribution < 1.29 is 14.3 Å². The first-order valence-corrected chi connectivity index (χ1v) is 11.6. The van der Waals surface area contributed by atoms with Crippen molar-refractivity contribution >= 4 is 40.3 Å². The van der Waals surface area contributed by atoms with Gasteiger partial charge in [-0.15, -0.1) is 0 Å². The molecule has 6 heteroatoms. The number of para-hydroxylation sites is 1. The van der Waals surface area contributed by atoms with Crippen molar-refractivity contribution in [3.63, 3.8) is 0 Å². The molecule has 0 spiro atoms. The Morgan fingerprint density at radius 1 is 1.00 bits per heavy atom. The fourth-order valence-corrected chi connectivity index (χ4v) is 4.91. The summed E-state index contributed by atoms with van der Waals surface area (Å²) >= 11 is 6.31. The lowest BCUT2D eigenvalue weighted by atomic mass is 9.84. The Kier molecular flexibility index (Phi) is 7.07. The monoisotopic (exact) mass is 439 g/mol. The summed E-state index contributed by atoms with van der Waals surface area (Å²) in [7, 11) is 0. The van der Waals surface area contributed by atoms with Crippen molar-refractivity contribution in [2.24, 2.45) is 0 Å². The molecule has 1 aliphatic heterocycles. The highest BCUT2D eigenvalue weighted by Crippen LogP contribution is 2.33. The highest BCUT2D eigenvalue weighted by molar-refractivity contribution is 8.26. The molecule has 30 heavy (non-hydrogen) atoms. The molecule has 2 aliphatic rings. The van der Waals surface area contributed by atoms with Crippen LogP contribution in [0.25, 0.3) is 6.08 Å². The first-order chi connectivity index (χ1) is 14.7. The molecule has 1 saturated heterocycles. The predicted octanol–water partition coefficient (Wildman–Crippen LogP) is 5.68. The van der Waals surface area contributed by atoms with Crippen LogP contribution in [0.2, 0.25) is 0 Å². The predicted molar refractivity (Wildman–Crippen MR) is 126 cm³/mol. The van der Waals surface area contributed by atoms with Crippen molar-refractivity contribution in [2.45, 2.75) is 38.0 Å². The average Bonchev–Trinajstić information content (AvgIpc) is 3.10. The quantitative estimate of drug-likeness (QED) is 0.342. The van der Waals surface area contributed by atoms with Gasteiger partial charge in [-0.3, -0.25) is 4.79 Å². The lowest BCUT2D eigenvalue weighted by Crippen LogP contribution is -2.17. The number of ether oxygens (including phenoxy) is 2. The van der Waals surface area contributed by atoms with Gasteiger partial charge < -0.3 is 14.8 Å². The Hall–Kier alpha value is -2.31. The number of hydrogen-bond acceptors (Lipinski definition) is 5. The minimum absolute atomic E-state index is 0.167. The Morgan fingerprint density at radius 3 is 2.47 bits per heavy atom. The van der Waals surface area contributed by atoms with Gasteiger partial charge in [0.05, 0.1) is 4.91 Å². The van der Waals surface area contributed by atoms with E-state index in [1.54, 1.807) is 6.08 Å². The molecule has 4 nitrogen and oxygen atoms in total. The summed E-state index contributed by atoms with van der Waals surface area (Å²) in [5, 5.41) is 2.63. The molecular weight excluding hydrogens is 414 g/mol. The third-order valence-corrected chi connectivity index (χ3v) is 6.58. The maximum absolute atomic E-state index is 11.9. The van der Waals surface area contributed by atoms with E-state index in [0.29, 0.717) is 34.1 Å². The summed E-state index contributed by atoms with van der Waals surface area (Å²) in [4.78, 5) is 12.5. The van der Waals surface area contributed by atoms with E-state index in [2.05, 4.69) is 29.6 Å². The van der Waals surface area contributed by atoms with E-state index in [4.69, 9.17) is 21.7 Å². The van der Waals surface area contributed by atoms with Crippen molar-refractivity contribution in [3.8, 4) is 11.5 Å². The van der Waals surface area contributed by atoms with Crippen LogP contribution >= 0.6 is 24.0 Å². The van der Waals surface area contributed by atoms with Crippen LogP contribution in [0.1, 0.15) is 49.1 Å². The number of hydrogen-bond donors (Lipinski definition) is 1. The maximum atomic E-state index is 11.9. The Morgan fingerprint density at radius 2 is 1.73 bits per heavy atom. The molecule has 0 aromatic heterocycles. The minimum Gasteiger partial charge on any atom is -0.490 e. The zero-order chi connectivity index (χ0) is 20.8. The van der Waals surface area contributed by atoms with Crippen LogP contribution in [0.4, 0.5) is 0 Å². The lowest BCUT2D eigenvalue weighted by molar-refractivity contribution is -0.115. The van der Waals surface area contributed by atoms with Crippen LogP contribution < -0.4 is 14.8 Å². The molecule has 1 N–H and O–H groups in total. The summed E-state index contributed by atoms with van der Waals surface area (Å²) in [6, 6.07) is 16.1. The summed E-state index contributed by atoms with van der Waals surface area (Å²) < 4.78 is 12.2. The van der Waals surface area contributed by atoms with Crippen LogP contribution in [0.3, 0.4) is 0 Å². The number of carbonyl (C=O) groups excluding carboxylic acids is 1. The molecule has 4 rings (SSSR count). The van der Waals surface area contributed by atoms with Gasteiger partial charge in [-0.1, -0.05) is 73.6 Å². The number of benzene rings is 2. The Balaban J connectivity index is 1.29. The van der Waals surface area contributed by atoms with E-state index in [1.807, 2.05) is 24.3 Å². The molecule has 0 radical (unpaired) electrons. The molecule has 1 amide bonds. The number of amides is 1. The number of thioether (sulfide) groups is 1. The Labute approximate surface area is 187 Å². The molecule has 0 bridgehead atoms. The molecule has 1 aliphatic carbocycles. The number of thiocarbonyl (C=S) groups is 1. The van der Waals surface area contributed by atoms with Crippen LogP contribution in [0, 0.1) is 0 Å². The third-order valence-electron chi connectivity index (χ3n) is 5.41. The fourth-order valence-electron chi connectivity index (χ4n) is 3.88. The van der Waals surface area contributed by atoms with Gasteiger partial charge in [-0.05, 0) is 48.6 Å². The normalized spacial score (nSPS) is 18.5. The molecule has 156 valence electrons. The number of nitrogens with one attached hydrogen (secondary N) is 1. The lowest BCUT2D eigenvalue weighted by Gasteiger charge is -2.22. The molecule has 0 unspecified atom stereocenters. The highest BCUT2D eigenvalue weighted by Gasteiger charge is 2.22. The molecular formula is C24H25NO3S2. The van der Waals surface area contributed by atoms with Crippen molar-refractivity contribution in [3.05, 3.63) is 64.6 Å². The summed E-state index contributed by atoms with van der Waals surface area (Å²) in [5.74, 6) is 2.12. The smallest absolute Gasteiger partial charge is 0.263 e. The standard InChI is InChI=1S/C24H25NO3S2/c26-23-22(30-24(29)25-23)16-19-8-4-5-9-21(19)28-15-14-27-20-12-10-18(11-13-20)17-6-2-1-3-7-17/h4-5,8-13,16-17H,1-3,6-7,14-15H2,(H,25,26,29)/b22-16-. The second kappa shape index (κ2) is 10.1. The van der Waals surface area contributed by atoms with E-state index < -0.39 is 0 Å². The topological polar surface area (TPSA) is 47.6 Å². The summed E-state index contributed by atoms with van der Waals surface area (Å²) in [6.45, 7) is 0.870. The fraction of sp³-hybridized carbons (Fsp3) is 0.333. The van der Waals surface area contributed by atoms with Gasteiger partial charge in [0.15, 0.2) is 0 Å². The third kappa shape index (κ3) is 5.43. The molecule has 1 saturated carbocycles. The second-order valence-electron chi connectivity index (χ2n) is 7.49. The van der Waals surface area contributed by atoms with Crippen LogP contribution in [0.15, 0.2) is 53.4 Å². The van der Waals surface area contributed by atoms with Gasteiger partial charge in [0.25, 0.3) is 5.91 Å². The first-order valence-electron chi connectivity index (χ1n) is 10.4. The van der Waals surface area contributed by atoms with Gasteiger partial charge in [0.2, 0.25) is 0 Å². The molecule has 2 aromatic rings. The van der Waals surface area contributed by atoms with Gasteiger partial charge >= 0.3 is 0 Å². The van der Waals surface area contributed by atoms with Gasteiger partial charge in [0, 0.05) is 5.56 Å². The van der Waals surface area contributed by atoms with Crippen molar-refractivity contribution in [2.75, 3.05) is 13.2 Å². The second-order valence-corrected chi connectivity index (χ2v) is 9.21. The van der Waals surface area contributed by atoms with Crippen molar-refractivity contribution in [1.29, 1.82) is 0 Å². The van der Waals surface area contributed by atoms with Crippen molar-refractivity contribution in [1.82, 2.24) is 5.32 Å². The van der Waals surface area contributed by atoms with Crippen LogP contribution in [-0.4, -0.2) is 23.4 Å². The van der Waals surface area contributed by atoms with E-state index in [1.165, 1.54) is 49.4 Å². The van der Waals surface area contributed by atoms with E-state index in [0.717, 1.165) is 11.3 Å². The molecule has 2 fully saturated rings. The van der Waals surface area contributed by atoms with E-state index >= 15 is 0 Å². The highest BCUT2D eigenvalue weighted by atomic mass is 32.2. The molecule has 2 aromatic carbocycles. The zero-order valence-corrected chi connectivity index (χ0v) is 18.4. The Bertz CT molecular complexity index is 934. The minimum atomic E-state index is -0.167. The number of rotatable bonds is 7. The van der Waals surface area contributed by atoms with E-state index in [9.17, 15) is 4.79 Å². The van der Waals surface area contributed by atoms with Gasteiger partial charge in [0.1, 0.15) is 29.0 Å². The molecule has 0 atom stereocenters. The molecule has 1 heterocycles. The van der Waals surface area contributed by atoms with Crippen LogP contribution in [0.5, 0.6) is 11.5 Å².